The lowest BCUT2D eigenvalue weighted by atomic mass is 10.1. The minimum atomic E-state index is -3.61. The third kappa shape index (κ3) is 5.30. The van der Waals surface area contributed by atoms with E-state index in [-0.39, 0.29) is 16.8 Å². The lowest BCUT2D eigenvalue weighted by Gasteiger charge is -2.13. The molecule has 1 amide bonds. The fourth-order valence-electron chi connectivity index (χ4n) is 3.24. The number of nitrogens with one attached hydrogen (secondary N) is 2. The van der Waals surface area contributed by atoms with E-state index in [2.05, 4.69) is 10.0 Å². The molecule has 0 radical (unpaired) electrons. The van der Waals surface area contributed by atoms with Crippen LogP contribution in [0.5, 0.6) is 0 Å². The van der Waals surface area contributed by atoms with Gasteiger partial charge >= 0.3 is 0 Å². The molecule has 1 fully saturated rings. The lowest BCUT2D eigenvalue weighted by Crippen LogP contribution is -2.33. The van der Waals surface area contributed by atoms with Gasteiger partial charge in [-0.15, -0.1) is 0 Å². The van der Waals surface area contributed by atoms with E-state index in [4.69, 9.17) is 5.73 Å². The van der Waals surface area contributed by atoms with Gasteiger partial charge in [-0.1, -0.05) is 31.0 Å². The average molecular weight is 388 g/mol. The first-order valence-corrected chi connectivity index (χ1v) is 10.7. The molecule has 0 unspecified atom stereocenters. The molecule has 1 aliphatic rings. The van der Waals surface area contributed by atoms with Crippen molar-refractivity contribution < 1.29 is 13.2 Å². The van der Waals surface area contributed by atoms with Crippen LogP contribution in [0.4, 0.5) is 5.69 Å². The molecule has 2 aromatic rings. The summed E-state index contributed by atoms with van der Waals surface area (Å²) in [5.41, 5.74) is 7.76. The van der Waals surface area contributed by atoms with Gasteiger partial charge in [-0.05, 0) is 55.2 Å². The molecule has 1 saturated carbocycles. The molecule has 144 valence electrons. The number of sulfonamides is 1. The number of benzene rings is 2. The summed E-state index contributed by atoms with van der Waals surface area (Å²) in [5, 5.41) is 2.83. The van der Waals surface area contributed by atoms with Crippen molar-refractivity contribution in [3.63, 3.8) is 0 Å². The fraction of sp³-hybridized carbons (Fsp3) is 0.350. The van der Waals surface area contributed by atoms with E-state index in [1.54, 1.807) is 12.1 Å². The first kappa shape index (κ1) is 19.4. The van der Waals surface area contributed by atoms with Crippen molar-refractivity contribution in [1.29, 1.82) is 0 Å². The second kappa shape index (κ2) is 8.54. The topological polar surface area (TPSA) is 101 Å². The summed E-state index contributed by atoms with van der Waals surface area (Å²) in [7, 11) is -3.61. The Hall–Kier alpha value is -2.38. The zero-order valence-corrected chi connectivity index (χ0v) is 16.0. The number of carbonyl (C=O) groups excluding carboxylic acids is 1. The molecule has 0 aromatic heterocycles. The van der Waals surface area contributed by atoms with Crippen LogP contribution in [-0.4, -0.2) is 26.9 Å². The van der Waals surface area contributed by atoms with Crippen LogP contribution in [0.15, 0.2) is 53.4 Å². The van der Waals surface area contributed by atoms with Crippen LogP contribution in [-0.2, 0) is 16.4 Å². The van der Waals surface area contributed by atoms with Gasteiger partial charge in [0, 0.05) is 23.8 Å². The number of nitrogen functional groups attached to an aromatic ring is 1. The Labute approximate surface area is 160 Å². The minimum Gasteiger partial charge on any atom is -0.399 e. The van der Waals surface area contributed by atoms with Gasteiger partial charge in [0.1, 0.15) is 0 Å². The zero-order valence-electron chi connectivity index (χ0n) is 15.1. The predicted molar refractivity (Wildman–Crippen MR) is 106 cm³/mol. The molecule has 0 bridgehead atoms. The van der Waals surface area contributed by atoms with Gasteiger partial charge in [-0.2, -0.15) is 0 Å². The van der Waals surface area contributed by atoms with Crippen molar-refractivity contribution in [3.05, 3.63) is 59.7 Å². The van der Waals surface area contributed by atoms with Crippen molar-refractivity contribution >= 4 is 21.6 Å². The van der Waals surface area contributed by atoms with Gasteiger partial charge in [0.05, 0.1) is 4.90 Å². The quantitative estimate of drug-likeness (QED) is 0.635. The van der Waals surface area contributed by atoms with Crippen molar-refractivity contribution in [1.82, 2.24) is 10.0 Å². The van der Waals surface area contributed by atoms with Gasteiger partial charge in [-0.25, -0.2) is 13.1 Å². The fourth-order valence-corrected chi connectivity index (χ4v) is 4.59. The highest BCUT2D eigenvalue weighted by Gasteiger charge is 2.23. The summed E-state index contributed by atoms with van der Waals surface area (Å²) in [6.45, 7) is 0.458. The Morgan fingerprint density at radius 3 is 2.48 bits per heavy atom. The molecule has 0 spiro atoms. The number of anilines is 1. The first-order valence-electron chi connectivity index (χ1n) is 9.19. The molecule has 0 heterocycles. The van der Waals surface area contributed by atoms with Crippen molar-refractivity contribution in [2.45, 2.75) is 43.0 Å². The standard InChI is InChI=1S/C20H25N3O3S/c21-17-10-8-15(9-11-17)12-13-22-20(24)16-4-3-7-19(14-16)27(25,26)23-18-5-1-2-6-18/h3-4,7-11,14,18,23H,1-2,5-6,12-13,21H2,(H,22,24). The van der Waals surface area contributed by atoms with Crippen LogP contribution < -0.4 is 15.8 Å². The normalized spacial score (nSPS) is 15.0. The van der Waals surface area contributed by atoms with E-state index in [1.165, 1.54) is 12.1 Å². The second-order valence-electron chi connectivity index (χ2n) is 6.88. The molecule has 0 saturated heterocycles. The van der Waals surface area contributed by atoms with Gasteiger partial charge < -0.3 is 11.1 Å². The Balaban J connectivity index is 1.60. The Kier molecular flexibility index (Phi) is 6.13. The van der Waals surface area contributed by atoms with E-state index >= 15 is 0 Å². The number of hydrogen-bond acceptors (Lipinski definition) is 4. The van der Waals surface area contributed by atoms with Crippen LogP contribution in [0.3, 0.4) is 0 Å². The van der Waals surface area contributed by atoms with Crippen LogP contribution in [0.25, 0.3) is 0 Å². The number of hydrogen-bond donors (Lipinski definition) is 3. The SMILES string of the molecule is Nc1ccc(CCNC(=O)c2cccc(S(=O)(=O)NC3CCCC3)c2)cc1. The molecule has 0 atom stereocenters. The lowest BCUT2D eigenvalue weighted by molar-refractivity contribution is 0.0954. The van der Waals surface area contributed by atoms with Crippen LogP contribution in [0.1, 0.15) is 41.6 Å². The third-order valence-electron chi connectivity index (χ3n) is 4.76. The van der Waals surface area contributed by atoms with Gasteiger partial charge in [-0.3, -0.25) is 4.79 Å². The Morgan fingerprint density at radius 2 is 1.78 bits per heavy atom. The van der Waals surface area contributed by atoms with E-state index in [1.807, 2.05) is 24.3 Å². The Bertz CT molecular complexity index is 889. The number of rotatable bonds is 7. The Morgan fingerprint density at radius 1 is 1.07 bits per heavy atom. The molecule has 2 aromatic carbocycles. The van der Waals surface area contributed by atoms with Crippen LogP contribution in [0.2, 0.25) is 0 Å². The summed E-state index contributed by atoms with van der Waals surface area (Å²) in [5.74, 6) is -0.289. The molecular formula is C20H25N3O3S. The van der Waals surface area contributed by atoms with Crippen LogP contribution >= 0.6 is 0 Å². The summed E-state index contributed by atoms with van der Waals surface area (Å²) in [4.78, 5) is 12.5. The smallest absolute Gasteiger partial charge is 0.251 e. The first-order chi connectivity index (χ1) is 12.9. The summed E-state index contributed by atoms with van der Waals surface area (Å²) in [6.07, 6.45) is 4.50. The number of amides is 1. The van der Waals surface area contributed by atoms with Crippen LogP contribution in [0, 0.1) is 0 Å². The van der Waals surface area contributed by atoms with Gasteiger partial charge in [0.15, 0.2) is 0 Å². The maximum absolute atomic E-state index is 12.5. The van der Waals surface area contributed by atoms with E-state index in [9.17, 15) is 13.2 Å². The molecule has 4 N–H and O–H groups in total. The van der Waals surface area contributed by atoms with Crippen molar-refractivity contribution in [2.75, 3.05) is 12.3 Å². The molecule has 7 heteroatoms. The second-order valence-corrected chi connectivity index (χ2v) is 8.59. The van der Waals surface area contributed by atoms with Crippen molar-refractivity contribution in [3.8, 4) is 0 Å². The largest absolute Gasteiger partial charge is 0.399 e. The summed E-state index contributed by atoms with van der Waals surface area (Å²) >= 11 is 0. The van der Waals surface area contributed by atoms with Crippen molar-refractivity contribution in [2.24, 2.45) is 0 Å². The van der Waals surface area contributed by atoms with E-state index < -0.39 is 10.0 Å². The van der Waals surface area contributed by atoms with E-state index in [0.29, 0.717) is 24.2 Å². The molecule has 0 aliphatic heterocycles. The zero-order chi connectivity index (χ0) is 19.3. The number of carbonyl (C=O) groups is 1. The molecule has 27 heavy (non-hydrogen) atoms. The van der Waals surface area contributed by atoms with E-state index in [0.717, 1.165) is 31.2 Å². The van der Waals surface area contributed by atoms with Gasteiger partial charge in [0.2, 0.25) is 10.0 Å². The predicted octanol–water partition coefficient (Wildman–Crippen LogP) is 2.46. The van der Waals surface area contributed by atoms with Gasteiger partial charge in [0.25, 0.3) is 5.91 Å². The maximum Gasteiger partial charge on any atom is 0.251 e. The average Bonchev–Trinajstić information content (AvgIpc) is 3.15. The minimum absolute atomic E-state index is 0.00704. The summed E-state index contributed by atoms with van der Waals surface area (Å²) in [6, 6.07) is 13.6. The molecule has 1 aliphatic carbocycles. The summed E-state index contributed by atoms with van der Waals surface area (Å²) < 4.78 is 27.8. The highest BCUT2D eigenvalue weighted by molar-refractivity contribution is 7.89. The molecule has 3 rings (SSSR count). The highest BCUT2D eigenvalue weighted by Crippen LogP contribution is 2.20. The third-order valence-corrected chi connectivity index (χ3v) is 6.28. The molecule has 6 nitrogen and oxygen atoms in total. The highest BCUT2D eigenvalue weighted by atomic mass is 32.2. The monoisotopic (exact) mass is 387 g/mol. The number of nitrogens with two attached hydrogens (primary N) is 1. The maximum atomic E-state index is 12.5. The molecular weight excluding hydrogens is 362 g/mol.